The Hall–Kier alpha value is -0.0800. The Morgan fingerprint density at radius 2 is 2.00 bits per heavy atom. The molecule has 0 spiro atoms. The molecule has 0 aromatic carbocycles. The molecule has 2 atom stereocenters. The maximum absolute atomic E-state index is 3.57. The molecular formula is C15H28N2. The van der Waals surface area contributed by atoms with E-state index in [1.54, 1.807) is 0 Å². The number of hydrogen-bond donors (Lipinski definition) is 1. The molecule has 1 saturated heterocycles. The summed E-state index contributed by atoms with van der Waals surface area (Å²) in [5, 5.41) is 3.57. The van der Waals surface area contributed by atoms with E-state index in [1.165, 1.54) is 64.6 Å². The number of hydrogen-bond acceptors (Lipinski definition) is 2. The maximum atomic E-state index is 3.57. The normalized spacial score (nSPS) is 31.8. The van der Waals surface area contributed by atoms with Gasteiger partial charge in [0.25, 0.3) is 0 Å². The van der Waals surface area contributed by atoms with Gasteiger partial charge in [0, 0.05) is 18.6 Å². The molecule has 3 aliphatic rings. The van der Waals surface area contributed by atoms with Crippen LogP contribution >= 0.6 is 0 Å². The topological polar surface area (TPSA) is 15.3 Å². The second-order valence-corrected chi connectivity index (χ2v) is 6.45. The van der Waals surface area contributed by atoms with Gasteiger partial charge < -0.3 is 5.32 Å². The van der Waals surface area contributed by atoms with Crippen molar-refractivity contribution in [3.8, 4) is 0 Å². The van der Waals surface area contributed by atoms with Crippen LogP contribution in [-0.4, -0.2) is 36.6 Å². The smallest absolute Gasteiger partial charge is 0.0124 e. The molecule has 0 bridgehead atoms. The second-order valence-electron chi connectivity index (χ2n) is 6.45. The van der Waals surface area contributed by atoms with Crippen molar-refractivity contribution in [2.45, 2.75) is 64.0 Å². The zero-order valence-corrected chi connectivity index (χ0v) is 11.3. The molecule has 2 aliphatic carbocycles. The summed E-state index contributed by atoms with van der Waals surface area (Å²) < 4.78 is 0. The summed E-state index contributed by atoms with van der Waals surface area (Å²) in [6.07, 6.45) is 10.2. The standard InChI is InChI=1S/C15H28N2/c1-2-15(13-5-6-13)17(14-7-8-14)11-12-4-3-9-16-10-12/h12-16H,2-11H2,1H3. The van der Waals surface area contributed by atoms with Crippen molar-refractivity contribution in [3.63, 3.8) is 0 Å². The van der Waals surface area contributed by atoms with Gasteiger partial charge in [-0.25, -0.2) is 0 Å². The molecule has 2 nitrogen and oxygen atoms in total. The molecule has 3 fully saturated rings. The molecule has 2 unspecified atom stereocenters. The molecule has 98 valence electrons. The highest BCUT2D eigenvalue weighted by molar-refractivity contribution is 4.95. The first kappa shape index (κ1) is 12.0. The van der Waals surface area contributed by atoms with E-state index in [2.05, 4.69) is 17.1 Å². The third-order valence-electron chi connectivity index (χ3n) is 4.89. The van der Waals surface area contributed by atoms with Gasteiger partial charge in [-0.2, -0.15) is 0 Å². The molecule has 2 saturated carbocycles. The summed E-state index contributed by atoms with van der Waals surface area (Å²) >= 11 is 0. The molecule has 2 heteroatoms. The van der Waals surface area contributed by atoms with Gasteiger partial charge in [0.1, 0.15) is 0 Å². The third kappa shape index (κ3) is 3.03. The Morgan fingerprint density at radius 1 is 1.18 bits per heavy atom. The largest absolute Gasteiger partial charge is 0.316 e. The van der Waals surface area contributed by atoms with Crippen LogP contribution in [0.1, 0.15) is 51.9 Å². The average Bonchev–Trinajstić information content (AvgIpc) is 3.22. The van der Waals surface area contributed by atoms with Crippen molar-refractivity contribution in [1.82, 2.24) is 10.2 Å². The van der Waals surface area contributed by atoms with Crippen molar-refractivity contribution in [2.24, 2.45) is 11.8 Å². The van der Waals surface area contributed by atoms with Crippen LogP contribution < -0.4 is 5.32 Å². The average molecular weight is 236 g/mol. The van der Waals surface area contributed by atoms with Crippen molar-refractivity contribution in [1.29, 1.82) is 0 Å². The van der Waals surface area contributed by atoms with Crippen molar-refractivity contribution in [2.75, 3.05) is 19.6 Å². The lowest BCUT2D eigenvalue weighted by molar-refractivity contribution is 0.126. The predicted molar refractivity (Wildman–Crippen MR) is 72.1 cm³/mol. The first-order valence-corrected chi connectivity index (χ1v) is 7.85. The summed E-state index contributed by atoms with van der Waals surface area (Å²) in [6.45, 7) is 6.30. The molecular weight excluding hydrogens is 208 g/mol. The summed E-state index contributed by atoms with van der Waals surface area (Å²) in [5.74, 6) is 1.98. The predicted octanol–water partition coefficient (Wildman–Crippen LogP) is 2.64. The molecule has 1 heterocycles. The molecule has 0 aromatic heterocycles. The number of rotatable bonds is 6. The van der Waals surface area contributed by atoms with Gasteiger partial charge in [-0.1, -0.05) is 6.92 Å². The molecule has 1 aliphatic heterocycles. The Labute approximate surface area is 106 Å². The number of nitrogens with one attached hydrogen (secondary N) is 1. The SMILES string of the molecule is CCC(C1CC1)N(CC1CCCNC1)C1CC1. The summed E-state index contributed by atoms with van der Waals surface area (Å²) in [7, 11) is 0. The van der Waals surface area contributed by atoms with Crippen LogP contribution in [0.15, 0.2) is 0 Å². The molecule has 0 aromatic rings. The lowest BCUT2D eigenvalue weighted by Crippen LogP contribution is -2.44. The van der Waals surface area contributed by atoms with E-state index in [0.29, 0.717) is 0 Å². The minimum Gasteiger partial charge on any atom is -0.316 e. The van der Waals surface area contributed by atoms with Gasteiger partial charge >= 0.3 is 0 Å². The van der Waals surface area contributed by atoms with Crippen LogP contribution in [-0.2, 0) is 0 Å². The molecule has 0 amide bonds. The minimum atomic E-state index is 0.921. The van der Waals surface area contributed by atoms with Gasteiger partial charge in [0.2, 0.25) is 0 Å². The van der Waals surface area contributed by atoms with Crippen LogP contribution in [0.25, 0.3) is 0 Å². The molecule has 1 N–H and O–H groups in total. The van der Waals surface area contributed by atoms with Crippen LogP contribution in [0, 0.1) is 11.8 Å². The van der Waals surface area contributed by atoms with Crippen molar-refractivity contribution >= 4 is 0 Å². The monoisotopic (exact) mass is 236 g/mol. The van der Waals surface area contributed by atoms with E-state index in [9.17, 15) is 0 Å². The zero-order chi connectivity index (χ0) is 11.7. The van der Waals surface area contributed by atoms with E-state index in [0.717, 1.165) is 23.9 Å². The lowest BCUT2D eigenvalue weighted by atomic mass is 9.97. The molecule has 3 rings (SSSR count). The van der Waals surface area contributed by atoms with Gasteiger partial charge in [-0.05, 0) is 69.9 Å². The van der Waals surface area contributed by atoms with E-state index in [1.807, 2.05) is 0 Å². The van der Waals surface area contributed by atoms with E-state index < -0.39 is 0 Å². The highest BCUT2D eigenvalue weighted by atomic mass is 15.2. The summed E-state index contributed by atoms with van der Waals surface area (Å²) in [4.78, 5) is 2.91. The van der Waals surface area contributed by atoms with Gasteiger partial charge in [-0.3, -0.25) is 4.90 Å². The van der Waals surface area contributed by atoms with E-state index in [4.69, 9.17) is 0 Å². The Morgan fingerprint density at radius 3 is 2.53 bits per heavy atom. The van der Waals surface area contributed by atoms with Gasteiger partial charge in [0.05, 0.1) is 0 Å². The number of nitrogens with zero attached hydrogens (tertiary/aromatic N) is 1. The zero-order valence-electron chi connectivity index (χ0n) is 11.3. The highest BCUT2D eigenvalue weighted by Crippen LogP contribution is 2.41. The summed E-state index contributed by atoms with van der Waals surface area (Å²) in [5.41, 5.74) is 0. The van der Waals surface area contributed by atoms with Crippen molar-refractivity contribution < 1.29 is 0 Å². The Bertz CT molecular complexity index is 239. The summed E-state index contributed by atoms with van der Waals surface area (Å²) in [6, 6.07) is 1.88. The lowest BCUT2D eigenvalue weighted by Gasteiger charge is -2.36. The van der Waals surface area contributed by atoms with Crippen LogP contribution in [0.4, 0.5) is 0 Å². The molecule has 0 radical (unpaired) electrons. The van der Waals surface area contributed by atoms with Crippen molar-refractivity contribution in [3.05, 3.63) is 0 Å². The minimum absolute atomic E-state index is 0.921. The highest BCUT2D eigenvalue weighted by Gasteiger charge is 2.41. The van der Waals surface area contributed by atoms with Crippen LogP contribution in [0.5, 0.6) is 0 Å². The molecule has 17 heavy (non-hydrogen) atoms. The fourth-order valence-electron chi connectivity index (χ4n) is 3.66. The van der Waals surface area contributed by atoms with E-state index in [-0.39, 0.29) is 0 Å². The Balaban J connectivity index is 1.58. The van der Waals surface area contributed by atoms with Gasteiger partial charge in [0.15, 0.2) is 0 Å². The van der Waals surface area contributed by atoms with Crippen LogP contribution in [0.3, 0.4) is 0 Å². The fourth-order valence-corrected chi connectivity index (χ4v) is 3.66. The third-order valence-corrected chi connectivity index (χ3v) is 4.89. The maximum Gasteiger partial charge on any atom is 0.0124 e. The van der Waals surface area contributed by atoms with Crippen LogP contribution in [0.2, 0.25) is 0 Å². The number of piperidine rings is 1. The van der Waals surface area contributed by atoms with Gasteiger partial charge in [-0.15, -0.1) is 0 Å². The second kappa shape index (κ2) is 5.27. The first-order valence-electron chi connectivity index (χ1n) is 7.85. The quantitative estimate of drug-likeness (QED) is 0.763. The van der Waals surface area contributed by atoms with E-state index >= 15 is 0 Å². The fraction of sp³-hybridized carbons (Fsp3) is 1.00. The first-order chi connectivity index (χ1) is 8.38. The Kier molecular flexibility index (Phi) is 3.72.